The van der Waals surface area contributed by atoms with E-state index in [1.165, 1.54) is 38.5 Å². The van der Waals surface area contributed by atoms with Crippen LogP contribution in [0.1, 0.15) is 186 Å². The van der Waals surface area contributed by atoms with Crippen molar-refractivity contribution in [1.29, 1.82) is 0 Å². The summed E-state index contributed by atoms with van der Waals surface area (Å²) in [5, 5.41) is 2.72. The molecule has 2 N–H and O–H groups in total. The van der Waals surface area contributed by atoms with Gasteiger partial charge < -0.3 is 39.0 Å². The number of hydrogen-bond acceptors (Lipinski definition) is 10. The second-order valence-electron chi connectivity index (χ2n) is 20.0. The molecule has 0 aliphatic heterocycles. The number of carbonyl (C=O) groups excluding carboxylic acids is 4. The SMILES string of the molecule is CCCCCCCCCCCCS(=O)(=O)NCCCN(CCCN(CCCCN(CCCNC(=O)OC(C)(C)C)C(=O)OC(C)(C)C)C(=O)OC(C)(C)C)C(=O)OC(C)(C)C. The second-order valence-corrected chi connectivity index (χ2v) is 21.9. The Morgan fingerprint density at radius 2 is 0.754 bits per heavy atom. The number of carbonyl (C=O) groups is 4. The Balaban J connectivity index is 5.34. The van der Waals surface area contributed by atoms with Crippen molar-refractivity contribution in [1.82, 2.24) is 24.7 Å². The van der Waals surface area contributed by atoms with Gasteiger partial charge in [0.1, 0.15) is 22.4 Å². The molecule has 0 rings (SSSR count). The van der Waals surface area contributed by atoms with Gasteiger partial charge in [0.25, 0.3) is 0 Å². The standard InChI is InChI=1S/C45H89N5O10S/c1-14-15-16-17-18-19-20-21-22-25-37-61(55,56)47-30-27-34-50(41(54)60-45(11,12)13)36-28-35-49(40(53)59-44(8,9)10)32-24-23-31-48(39(52)58-43(5,6)7)33-26-29-46-38(51)57-42(2,3)4/h47H,14-37H2,1-13H3,(H,46,51). The zero-order valence-electron chi connectivity index (χ0n) is 40.8. The van der Waals surface area contributed by atoms with E-state index in [9.17, 15) is 27.6 Å². The summed E-state index contributed by atoms with van der Waals surface area (Å²) in [5.41, 5.74) is -2.76. The summed E-state index contributed by atoms with van der Waals surface area (Å²) in [7, 11) is -3.42. The zero-order chi connectivity index (χ0) is 46.8. The van der Waals surface area contributed by atoms with E-state index in [0.717, 1.165) is 19.3 Å². The van der Waals surface area contributed by atoms with Gasteiger partial charge >= 0.3 is 24.4 Å². The van der Waals surface area contributed by atoms with Gasteiger partial charge in [-0.05, 0) is 122 Å². The second kappa shape index (κ2) is 29.4. The van der Waals surface area contributed by atoms with Crippen molar-refractivity contribution in [2.75, 3.05) is 58.1 Å². The third-order valence-corrected chi connectivity index (χ3v) is 10.4. The topological polar surface area (TPSA) is 173 Å². The third kappa shape index (κ3) is 35.2. The Morgan fingerprint density at radius 1 is 0.426 bits per heavy atom. The lowest BCUT2D eigenvalue weighted by atomic mass is 10.1. The molecule has 0 aliphatic rings. The number of hydrogen-bond donors (Lipinski definition) is 2. The molecule has 0 unspecified atom stereocenters. The molecule has 0 atom stereocenters. The summed E-state index contributed by atoms with van der Waals surface area (Å²) >= 11 is 0. The molecule has 15 nitrogen and oxygen atoms in total. The van der Waals surface area contributed by atoms with Crippen molar-refractivity contribution in [3.63, 3.8) is 0 Å². The van der Waals surface area contributed by atoms with Gasteiger partial charge in [0.2, 0.25) is 10.0 Å². The molecule has 16 heteroatoms. The number of sulfonamides is 1. The maximum Gasteiger partial charge on any atom is 0.410 e. The smallest absolute Gasteiger partial charge is 0.410 e. The monoisotopic (exact) mass is 892 g/mol. The molecule has 0 saturated heterocycles. The summed E-state index contributed by atoms with van der Waals surface area (Å²) in [4.78, 5) is 56.6. The Morgan fingerprint density at radius 3 is 1.13 bits per heavy atom. The molecule has 0 heterocycles. The summed E-state index contributed by atoms with van der Waals surface area (Å²) in [6, 6.07) is 0. The molecule has 0 spiro atoms. The minimum atomic E-state index is -3.42. The van der Waals surface area contributed by atoms with Gasteiger partial charge in [-0.25, -0.2) is 32.3 Å². The Kier molecular flexibility index (Phi) is 27.9. The van der Waals surface area contributed by atoms with Gasteiger partial charge in [0, 0.05) is 52.4 Å². The van der Waals surface area contributed by atoms with E-state index in [1.54, 1.807) is 97.8 Å². The zero-order valence-corrected chi connectivity index (χ0v) is 41.6. The van der Waals surface area contributed by atoms with Gasteiger partial charge in [-0.2, -0.15) is 0 Å². The quantitative estimate of drug-likeness (QED) is 0.0544. The third-order valence-electron chi connectivity index (χ3n) is 8.88. The van der Waals surface area contributed by atoms with Crippen molar-refractivity contribution in [2.45, 2.75) is 209 Å². The van der Waals surface area contributed by atoms with E-state index in [1.807, 2.05) is 0 Å². The first-order chi connectivity index (χ1) is 28.1. The van der Waals surface area contributed by atoms with E-state index in [2.05, 4.69) is 17.0 Å². The van der Waals surface area contributed by atoms with Gasteiger partial charge in [-0.3, -0.25) is 0 Å². The van der Waals surface area contributed by atoms with E-state index in [0.29, 0.717) is 71.2 Å². The average molecular weight is 892 g/mol. The molecule has 0 aromatic rings. The Hall–Kier alpha value is -3.01. The lowest BCUT2D eigenvalue weighted by molar-refractivity contribution is 0.0181. The molecule has 61 heavy (non-hydrogen) atoms. The van der Waals surface area contributed by atoms with Crippen molar-refractivity contribution in [3.05, 3.63) is 0 Å². The van der Waals surface area contributed by atoms with Crippen LogP contribution in [0.4, 0.5) is 19.2 Å². The molecule has 0 radical (unpaired) electrons. The van der Waals surface area contributed by atoms with Crippen molar-refractivity contribution in [3.8, 4) is 0 Å². The summed E-state index contributed by atoms with van der Waals surface area (Å²) in [6.45, 7) is 26.2. The molecule has 0 aromatic heterocycles. The van der Waals surface area contributed by atoms with E-state index in [-0.39, 0.29) is 25.4 Å². The van der Waals surface area contributed by atoms with E-state index in [4.69, 9.17) is 18.9 Å². The van der Waals surface area contributed by atoms with Crippen LogP contribution in [0.3, 0.4) is 0 Å². The first-order valence-corrected chi connectivity index (χ1v) is 24.7. The van der Waals surface area contributed by atoms with Crippen LogP contribution in [-0.2, 0) is 29.0 Å². The number of rotatable bonds is 29. The van der Waals surface area contributed by atoms with Crippen LogP contribution in [0.15, 0.2) is 0 Å². The summed E-state index contributed by atoms with van der Waals surface area (Å²) in [5.74, 6) is 0.0894. The fourth-order valence-corrected chi connectivity index (χ4v) is 7.23. The fourth-order valence-electron chi connectivity index (χ4n) is 6.04. The molecule has 0 aromatic carbocycles. The lowest BCUT2D eigenvalue weighted by Gasteiger charge is -2.30. The predicted molar refractivity (Wildman–Crippen MR) is 244 cm³/mol. The first kappa shape index (κ1) is 58.0. The highest BCUT2D eigenvalue weighted by Crippen LogP contribution is 2.16. The molecule has 0 aliphatic carbocycles. The number of nitrogens with zero attached hydrogens (tertiary/aromatic N) is 3. The van der Waals surface area contributed by atoms with Crippen LogP contribution in [0, 0.1) is 0 Å². The number of alkyl carbamates (subject to hydrolysis) is 1. The maximum atomic E-state index is 13.4. The number of unbranched alkanes of at least 4 members (excludes halogenated alkanes) is 10. The summed E-state index contributed by atoms with van der Waals surface area (Å²) in [6.07, 6.45) is 11.8. The molecule has 0 fully saturated rings. The minimum Gasteiger partial charge on any atom is -0.444 e. The van der Waals surface area contributed by atoms with Crippen LogP contribution in [-0.4, -0.2) is 128 Å². The van der Waals surface area contributed by atoms with Crippen molar-refractivity contribution >= 4 is 34.4 Å². The Bertz CT molecular complexity index is 1350. The van der Waals surface area contributed by atoms with Crippen molar-refractivity contribution < 1.29 is 46.5 Å². The highest BCUT2D eigenvalue weighted by Gasteiger charge is 2.26. The molecule has 0 bridgehead atoms. The van der Waals surface area contributed by atoms with Crippen LogP contribution >= 0.6 is 0 Å². The van der Waals surface area contributed by atoms with Crippen LogP contribution in [0.5, 0.6) is 0 Å². The normalized spacial score (nSPS) is 12.4. The largest absolute Gasteiger partial charge is 0.444 e. The van der Waals surface area contributed by atoms with Gasteiger partial charge in [0.15, 0.2) is 0 Å². The average Bonchev–Trinajstić information content (AvgIpc) is 3.08. The first-order valence-electron chi connectivity index (χ1n) is 23.0. The maximum absolute atomic E-state index is 13.4. The molecule has 0 saturated carbocycles. The predicted octanol–water partition coefficient (Wildman–Crippen LogP) is 10.0. The van der Waals surface area contributed by atoms with Crippen molar-refractivity contribution in [2.24, 2.45) is 0 Å². The van der Waals surface area contributed by atoms with Crippen LogP contribution in [0.2, 0.25) is 0 Å². The number of ether oxygens (including phenoxy) is 4. The number of nitrogens with one attached hydrogen (secondary N) is 2. The number of amides is 4. The highest BCUT2D eigenvalue weighted by atomic mass is 32.2. The van der Waals surface area contributed by atoms with Gasteiger partial charge in [-0.15, -0.1) is 0 Å². The van der Waals surface area contributed by atoms with E-state index < -0.39 is 56.8 Å². The molecule has 4 amide bonds. The Labute approximate surface area is 371 Å². The lowest BCUT2D eigenvalue weighted by Crippen LogP contribution is -2.42. The molecular formula is C45H89N5O10S. The van der Waals surface area contributed by atoms with Gasteiger partial charge in [0.05, 0.1) is 5.75 Å². The van der Waals surface area contributed by atoms with Gasteiger partial charge in [-0.1, -0.05) is 64.7 Å². The van der Waals surface area contributed by atoms with Crippen LogP contribution in [0.25, 0.3) is 0 Å². The highest BCUT2D eigenvalue weighted by molar-refractivity contribution is 7.89. The summed E-state index contributed by atoms with van der Waals surface area (Å²) < 4.78 is 50.4. The molecular weight excluding hydrogens is 803 g/mol. The minimum absolute atomic E-state index is 0.0894. The fraction of sp³-hybridized carbons (Fsp3) is 0.911. The van der Waals surface area contributed by atoms with E-state index >= 15 is 0 Å². The van der Waals surface area contributed by atoms with Crippen LogP contribution < -0.4 is 10.0 Å². The molecule has 360 valence electrons.